The van der Waals surface area contributed by atoms with Crippen molar-refractivity contribution in [1.29, 1.82) is 0 Å². The molecule has 0 saturated heterocycles. The molecule has 0 spiro atoms. The second-order valence-corrected chi connectivity index (χ2v) is 3.00. The van der Waals surface area contributed by atoms with Gasteiger partial charge in [0.2, 0.25) is 0 Å². The Kier molecular flexibility index (Phi) is 3.02. The summed E-state index contributed by atoms with van der Waals surface area (Å²) in [6.45, 7) is 2.07. The van der Waals surface area contributed by atoms with Crippen LogP contribution in [0, 0.1) is 0 Å². The van der Waals surface area contributed by atoms with E-state index in [4.69, 9.17) is 23.2 Å². The lowest BCUT2D eigenvalue weighted by Crippen LogP contribution is -1.69. The second-order valence-electron chi connectivity index (χ2n) is 2.21. The van der Waals surface area contributed by atoms with Crippen LogP contribution in [0.3, 0.4) is 0 Å². The van der Waals surface area contributed by atoms with Gasteiger partial charge in [0, 0.05) is 0 Å². The maximum atomic E-state index is 5.76. The summed E-state index contributed by atoms with van der Waals surface area (Å²) in [6, 6.07) is 0. The van der Waals surface area contributed by atoms with Gasteiger partial charge in [-0.05, 0) is 24.1 Å². The smallest absolute Gasteiger partial charge is 0.0987 e. The van der Waals surface area contributed by atoms with E-state index in [1.807, 2.05) is 12.2 Å². The van der Waals surface area contributed by atoms with Gasteiger partial charge in [0.05, 0.1) is 5.03 Å². The quantitative estimate of drug-likeness (QED) is 0.548. The molecule has 2 heteroatoms. The van der Waals surface area contributed by atoms with Crippen molar-refractivity contribution < 1.29 is 0 Å². The average molecular weight is 187 g/mol. The standard InChI is InChI=1S/C9H8Cl2/c1-2-7-3-5-8(10)9(11)6-4-7/h3-5H,2H2,1H3. The van der Waals surface area contributed by atoms with Crippen molar-refractivity contribution in [2.45, 2.75) is 13.3 Å². The molecule has 0 amide bonds. The van der Waals surface area contributed by atoms with E-state index in [0.29, 0.717) is 10.1 Å². The highest BCUT2D eigenvalue weighted by Gasteiger charge is 1.98. The third kappa shape index (κ3) is 2.27. The van der Waals surface area contributed by atoms with Gasteiger partial charge in [-0.2, -0.15) is 0 Å². The minimum absolute atomic E-state index is 0.478. The van der Waals surface area contributed by atoms with Crippen LogP contribution in [0.5, 0.6) is 0 Å². The van der Waals surface area contributed by atoms with E-state index in [-0.39, 0.29) is 0 Å². The molecule has 0 radical (unpaired) electrons. The van der Waals surface area contributed by atoms with E-state index >= 15 is 0 Å². The molecule has 1 rings (SSSR count). The zero-order chi connectivity index (χ0) is 8.27. The van der Waals surface area contributed by atoms with E-state index in [1.54, 1.807) is 6.08 Å². The summed E-state index contributed by atoms with van der Waals surface area (Å²) in [6.07, 6.45) is 6.57. The van der Waals surface area contributed by atoms with E-state index in [1.165, 1.54) is 5.57 Å². The summed E-state index contributed by atoms with van der Waals surface area (Å²) < 4.78 is 0. The van der Waals surface area contributed by atoms with Crippen molar-refractivity contribution in [2.75, 3.05) is 0 Å². The monoisotopic (exact) mass is 186 g/mol. The molecule has 0 aromatic rings. The molecule has 0 saturated carbocycles. The summed E-state index contributed by atoms with van der Waals surface area (Å²) in [7, 11) is 0. The molecule has 0 N–H and O–H groups in total. The molecule has 1 aliphatic carbocycles. The van der Waals surface area contributed by atoms with Crippen LogP contribution in [0.15, 0.2) is 39.6 Å². The van der Waals surface area contributed by atoms with Gasteiger partial charge in [0.15, 0.2) is 0 Å². The Morgan fingerprint density at radius 3 is 2.73 bits per heavy atom. The van der Waals surface area contributed by atoms with E-state index < -0.39 is 0 Å². The summed E-state index contributed by atoms with van der Waals surface area (Å²) in [5.41, 5.74) is 4.06. The van der Waals surface area contributed by atoms with Gasteiger partial charge >= 0.3 is 0 Å². The molecule has 0 aliphatic heterocycles. The van der Waals surface area contributed by atoms with Crippen LogP contribution in [0.25, 0.3) is 0 Å². The first-order valence-electron chi connectivity index (χ1n) is 3.43. The van der Waals surface area contributed by atoms with Crippen molar-refractivity contribution in [3.63, 3.8) is 0 Å². The average Bonchev–Trinajstić information content (AvgIpc) is 2.16. The summed E-state index contributed by atoms with van der Waals surface area (Å²) >= 11 is 11.5. The van der Waals surface area contributed by atoms with Crippen molar-refractivity contribution in [1.82, 2.24) is 0 Å². The van der Waals surface area contributed by atoms with Crippen LogP contribution < -0.4 is 0 Å². The Balaban J connectivity index is 3.04. The summed E-state index contributed by atoms with van der Waals surface area (Å²) in [5.74, 6) is 0. The maximum absolute atomic E-state index is 5.76. The van der Waals surface area contributed by atoms with E-state index in [2.05, 4.69) is 12.7 Å². The summed E-state index contributed by atoms with van der Waals surface area (Å²) in [4.78, 5) is 0. The molecule has 0 atom stereocenters. The molecule has 0 aromatic heterocycles. The highest BCUT2D eigenvalue weighted by Crippen LogP contribution is 2.21. The van der Waals surface area contributed by atoms with Crippen LogP contribution in [0.1, 0.15) is 13.3 Å². The fourth-order valence-corrected chi connectivity index (χ4v) is 0.981. The molecule has 0 fully saturated rings. The second kappa shape index (κ2) is 3.82. The Morgan fingerprint density at radius 1 is 1.36 bits per heavy atom. The van der Waals surface area contributed by atoms with Crippen molar-refractivity contribution in [2.24, 2.45) is 0 Å². The minimum atomic E-state index is 0.478. The first-order chi connectivity index (χ1) is 5.24. The number of allylic oxidation sites excluding steroid dienone is 5. The molecule has 0 bridgehead atoms. The van der Waals surface area contributed by atoms with Gasteiger partial charge in [-0.25, -0.2) is 0 Å². The SMILES string of the molecule is CCC1=CC=C(Cl)C(Cl)=C=C1. The Hall–Kier alpha value is -0.420. The fourth-order valence-electron chi connectivity index (χ4n) is 0.746. The minimum Gasteiger partial charge on any atom is -0.0987 e. The van der Waals surface area contributed by atoms with Crippen LogP contribution in [0.2, 0.25) is 0 Å². The third-order valence-electron chi connectivity index (χ3n) is 1.45. The molecular weight excluding hydrogens is 179 g/mol. The number of hydrogen-bond donors (Lipinski definition) is 0. The highest BCUT2D eigenvalue weighted by atomic mass is 35.5. The number of halogens is 2. The molecule has 11 heavy (non-hydrogen) atoms. The van der Waals surface area contributed by atoms with Crippen LogP contribution in [-0.2, 0) is 0 Å². The lowest BCUT2D eigenvalue weighted by atomic mass is 10.2. The normalized spacial score (nSPS) is 16.8. The maximum Gasteiger partial charge on any atom is 0.101 e. The number of hydrogen-bond acceptors (Lipinski definition) is 0. The van der Waals surface area contributed by atoms with E-state index in [0.717, 1.165) is 6.42 Å². The Bertz CT molecular complexity index is 276. The molecular formula is C9H8Cl2. The van der Waals surface area contributed by atoms with Gasteiger partial charge in [-0.1, -0.05) is 41.9 Å². The zero-order valence-corrected chi connectivity index (χ0v) is 7.71. The fraction of sp³-hybridized carbons (Fsp3) is 0.222. The zero-order valence-electron chi connectivity index (χ0n) is 6.20. The molecule has 1 aliphatic rings. The third-order valence-corrected chi connectivity index (χ3v) is 2.17. The highest BCUT2D eigenvalue weighted by molar-refractivity contribution is 6.43. The summed E-state index contributed by atoms with van der Waals surface area (Å²) in [5, 5.41) is 1.03. The molecule has 0 unspecified atom stereocenters. The lowest BCUT2D eigenvalue weighted by Gasteiger charge is -1.88. The Morgan fingerprint density at radius 2 is 2.09 bits per heavy atom. The van der Waals surface area contributed by atoms with Crippen LogP contribution in [-0.4, -0.2) is 0 Å². The van der Waals surface area contributed by atoms with Crippen LogP contribution in [0.4, 0.5) is 0 Å². The van der Waals surface area contributed by atoms with Crippen molar-refractivity contribution in [3.8, 4) is 0 Å². The lowest BCUT2D eigenvalue weighted by molar-refractivity contribution is 1.15. The molecule has 0 aromatic carbocycles. The van der Waals surface area contributed by atoms with E-state index in [9.17, 15) is 0 Å². The van der Waals surface area contributed by atoms with Crippen molar-refractivity contribution >= 4 is 23.2 Å². The van der Waals surface area contributed by atoms with Gasteiger partial charge in [0.1, 0.15) is 5.03 Å². The first-order valence-corrected chi connectivity index (χ1v) is 4.18. The predicted octanol–water partition coefficient (Wildman–Crippen LogP) is 3.74. The molecule has 0 heterocycles. The predicted molar refractivity (Wildman–Crippen MR) is 49.8 cm³/mol. The number of rotatable bonds is 1. The first kappa shape index (κ1) is 8.67. The molecule has 58 valence electrons. The van der Waals surface area contributed by atoms with Crippen LogP contribution >= 0.6 is 23.2 Å². The van der Waals surface area contributed by atoms with Gasteiger partial charge in [-0.3, -0.25) is 0 Å². The van der Waals surface area contributed by atoms with Gasteiger partial charge in [0.25, 0.3) is 0 Å². The Labute approximate surface area is 76.5 Å². The van der Waals surface area contributed by atoms with Crippen molar-refractivity contribution in [3.05, 3.63) is 39.6 Å². The molecule has 0 nitrogen and oxygen atoms in total. The van der Waals surface area contributed by atoms with Gasteiger partial charge in [-0.15, -0.1) is 0 Å². The van der Waals surface area contributed by atoms with Gasteiger partial charge < -0.3 is 0 Å². The largest absolute Gasteiger partial charge is 0.101 e. The topological polar surface area (TPSA) is 0 Å².